The van der Waals surface area contributed by atoms with Gasteiger partial charge in [-0.25, -0.2) is 4.98 Å². The van der Waals surface area contributed by atoms with E-state index in [-0.39, 0.29) is 18.7 Å². The molecule has 2 heterocycles. The van der Waals surface area contributed by atoms with E-state index in [0.717, 1.165) is 41.3 Å². The summed E-state index contributed by atoms with van der Waals surface area (Å²) in [5.41, 5.74) is 10.0. The molecular formula is C27H29N7O2. The van der Waals surface area contributed by atoms with E-state index in [2.05, 4.69) is 20.5 Å². The molecule has 36 heavy (non-hydrogen) atoms. The number of nitrogens with one attached hydrogen (secondary N) is 2. The van der Waals surface area contributed by atoms with Crippen LogP contribution in [-0.2, 0) is 22.6 Å². The molecule has 1 aliphatic rings. The van der Waals surface area contributed by atoms with Gasteiger partial charge in [0.15, 0.2) is 0 Å². The van der Waals surface area contributed by atoms with Gasteiger partial charge in [0, 0.05) is 67.6 Å². The van der Waals surface area contributed by atoms with Gasteiger partial charge in [-0.15, -0.1) is 0 Å². The average Bonchev–Trinajstić information content (AvgIpc) is 2.90. The fourth-order valence-electron chi connectivity index (χ4n) is 4.14. The van der Waals surface area contributed by atoms with Crippen LogP contribution in [0.15, 0.2) is 66.9 Å². The molecule has 1 saturated heterocycles. The van der Waals surface area contributed by atoms with E-state index in [1.807, 2.05) is 66.7 Å². The van der Waals surface area contributed by atoms with Crippen molar-refractivity contribution in [1.82, 2.24) is 9.88 Å². The van der Waals surface area contributed by atoms with Gasteiger partial charge in [0.25, 0.3) is 0 Å². The van der Waals surface area contributed by atoms with Crippen LogP contribution >= 0.6 is 0 Å². The second-order valence-corrected chi connectivity index (χ2v) is 8.58. The Morgan fingerprint density at radius 2 is 1.75 bits per heavy atom. The normalized spacial score (nSPS) is 13.1. The van der Waals surface area contributed by atoms with Crippen molar-refractivity contribution >= 4 is 34.7 Å². The summed E-state index contributed by atoms with van der Waals surface area (Å²) in [6.45, 7) is 3.29. The van der Waals surface area contributed by atoms with E-state index < -0.39 is 5.91 Å². The van der Waals surface area contributed by atoms with Gasteiger partial charge in [-0.05, 0) is 29.8 Å². The van der Waals surface area contributed by atoms with Gasteiger partial charge < -0.3 is 26.2 Å². The third-order valence-corrected chi connectivity index (χ3v) is 6.04. The quantitative estimate of drug-likeness (QED) is 0.427. The van der Waals surface area contributed by atoms with Crippen LogP contribution in [0.1, 0.15) is 17.5 Å². The van der Waals surface area contributed by atoms with E-state index >= 15 is 0 Å². The fraction of sp³-hybridized carbons (Fsp3) is 0.259. The van der Waals surface area contributed by atoms with Gasteiger partial charge in [0.1, 0.15) is 12.2 Å². The summed E-state index contributed by atoms with van der Waals surface area (Å²) in [4.78, 5) is 31.9. The molecular weight excluding hydrogens is 454 g/mol. The SMILES string of the molecule is N#CCC(=O)N1CCN(c2ccc(Nc3cc(NCc4ccccc4)c(CC(N)=O)cn3)cc2)CC1. The Bertz CT molecular complexity index is 1230. The number of nitriles is 1. The van der Waals surface area contributed by atoms with E-state index in [1.165, 1.54) is 0 Å². The van der Waals surface area contributed by atoms with Crippen LogP contribution in [0.2, 0.25) is 0 Å². The highest BCUT2D eigenvalue weighted by molar-refractivity contribution is 5.79. The smallest absolute Gasteiger partial charge is 0.236 e. The van der Waals surface area contributed by atoms with Gasteiger partial charge in [-0.1, -0.05) is 30.3 Å². The predicted molar refractivity (Wildman–Crippen MR) is 140 cm³/mol. The van der Waals surface area contributed by atoms with Crippen molar-refractivity contribution in [2.75, 3.05) is 41.7 Å². The molecule has 0 aliphatic carbocycles. The van der Waals surface area contributed by atoms with Crippen molar-refractivity contribution < 1.29 is 9.59 Å². The summed E-state index contributed by atoms with van der Waals surface area (Å²) in [5.74, 6) is 0.131. The topological polar surface area (TPSA) is 127 Å². The summed E-state index contributed by atoms with van der Waals surface area (Å²) in [6.07, 6.45) is 1.71. The van der Waals surface area contributed by atoms with Gasteiger partial charge in [-0.2, -0.15) is 5.26 Å². The lowest BCUT2D eigenvalue weighted by atomic mass is 10.1. The number of primary amides is 1. The van der Waals surface area contributed by atoms with Crippen LogP contribution in [0.4, 0.5) is 22.9 Å². The Hall–Kier alpha value is -4.58. The second-order valence-electron chi connectivity index (χ2n) is 8.58. The van der Waals surface area contributed by atoms with Crippen molar-refractivity contribution in [3.8, 4) is 6.07 Å². The van der Waals surface area contributed by atoms with Crippen LogP contribution < -0.4 is 21.3 Å². The molecule has 9 nitrogen and oxygen atoms in total. The number of rotatable bonds is 9. The zero-order valence-corrected chi connectivity index (χ0v) is 20.0. The van der Waals surface area contributed by atoms with Crippen LogP contribution in [0.3, 0.4) is 0 Å². The molecule has 1 aromatic heterocycles. The summed E-state index contributed by atoms with van der Waals surface area (Å²) in [6, 6.07) is 21.8. The maximum absolute atomic E-state index is 11.9. The average molecular weight is 484 g/mol. The van der Waals surface area contributed by atoms with Crippen molar-refractivity contribution in [2.24, 2.45) is 5.73 Å². The molecule has 1 aliphatic heterocycles. The molecule has 0 spiro atoms. The number of amides is 2. The number of anilines is 4. The van der Waals surface area contributed by atoms with E-state index in [1.54, 1.807) is 11.1 Å². The third-order valence-electron chi connectivity index (χ3n) is 6.04. The van der Waals surface area contributed by atoms with Gasteiger partial charge in [-0.3, -0.25) is 9.59 Å². The van der Waals surface area contributed by atoms with Gasteiger partial charge in [0.05, 0.1) is 12.5 Å². The fourth-order valence-corrected chi connectivity index (χ4v) is 4.14. The summed E-state index contributed by atoms with van der Waals surface area (Å²) >= 11 is 0. The molecule has 3 aromatic rings. The molecule has 4 rings (SSSR count). The maximum atomic E-state index is 11.9. The minimum Gasteiger partial charge on any atom is -0.381 e. The van der Waals surface area contributed by atoms with Crippen LogP contribution in [0.25, 0.3) is 0 Å². The molecule has 2 aromatic carbocycles. The third kappa shape index (κ3) is 6.51. The number of nitrogens with zero attached hydrogens (tertiary/aromatic N) is 4. The Morgan fingerprint density at radius 1 is 1.03 bits per heavy atom. The highest BCUT2D eigenvalue weighted by Crippen LogP contribution is 2.25. The number of hydrogen-bond acceptors (Lipinski definition) is 7. The lowest BCUT2D eigenvalue weighted by molar-refractivity contribution is -0.130. The minimum absolute atomic E-state index is 0.0681. The number of nitrogens with two attached hydrogens (primary N) is 1. The monoisotopic (exact) mass is 483 g/mol. The number of benzene rings is 2. The molecule has 9 heteroatoms. The minimum atomic E-state index is -0.411. The summed E-state index contributed by atoms with van der Waals surface area (Å²) in [7, 11) is 0. The molecule has 0 saturated carbocycles. The molecule has 184 valence electrons. The number of carbonyl (C=O) groups excluding carboxylic acids is 2. The molecule has 0 radical (unpaired) electrons. The highest BCUT2D eigenvalue weighted by atomic mass is 16.2. The van der Waals surface area contributed by atoms with E-state index in [9.17, 15) is 9.59 Å². The highest BCUT2D eigenvalue weighted by Gasteiger charge is 2.21. The van der Waals surface area contributed by atoms with Crippen molar-refractivity contribution in [3.05, 3.63) is 78.0 Å². The number of carbonyl (C=O) groups is 2. The van der Waals surface area contributed by atoms with Crippen molar-refractivity contribution in [3.63, 3.8) is 0 Å². The number of piperazine rings is 1. The predicted octanol–water partition coefficient (Wildman–Crippen LogP) is 3.03. The van der Waals surface area contributed by atoms with E-state index in [0.29, 0.717) is 25.5 Å². The lowest BCUT2D eigenvalue weighted by Crippen LogP contribution is -2.48. The first kappa shape index (κ1) is 24.5. The Kier molecular flexibility index (Phi) is 7.98. The van der Waals surface area contributed by atoms with Gasteiger partial charge in [0.2, 0.25) is 11.8 Å². The van der Waals surface area contributed by atoms with Gasteiger partial charge >= 0.3 is 0 Å². The summed E-state index contributed by atoms with van der Waals surface area (Å²) < 4.78 is 0. The number of hydrogen-bond donors (Lipinski definition) is 3. The first-order valence-corrected chi connectivity index (χ1v) is 11.8. The Morgan fingerprint density at radius 3 is 2.42 bits per heavy atom. The van der Waals surface area contributed by atoms with Crippen molar-refractivity contribution in [2.45, 2.75) is 19.4 Å². The Labute approximate surface area is 210 Å². The van der Waals surface area contributed by atoms with E-state index in [4.69, 9.17) is 11.0 Å². The molecule has 0 atom stereocenters. The summed E-state index contributed by atoms with van der Waals surface area (Å²) in [5, 5.41) is 15.4. The largest absolute Gasteiger partial charge is 0.381 e. The van der Waals surface area contributed by atoms with Crippen LogP contribution in [0, 0.1) is 11.3 Å². The Balaban J connectivity index is 1.40. The molecule has 0 bridgehead atoms. The van der Waals surface area contributed by atoms with Crippen molar-refractivity contribution in [1.29, 1.82) is 5.26 Å². The van der Waals surface area contributed by atoms with Crippen LogP contribution in [-0.4, -0.2) is 47.9 Å². The first-order chi connectivity index (χ1) is 17.5. The molecule has 2 amide bonds. The lowest BCUT2D eigenvalue weighted by Gasteiger charge is -2.36. The van der Waals surface area contributed by atoms with Crippen LogP contribution in [0.5, 0.6) is 0 Å². The first-order valence-electron chi connectivity index (χ1n) is 11.8. The zero-order valence-electron chi connectivity index (χ0n) is 20.0. The standard InChI is InChI=1S/C27H29N7O2/c28-11-10-27(36)34-14-12-33(13-15-34)23-8-6-22(7-9-23)32-26-17-24(21(19-31-26)16-25(29)35)30-18-20-4-2-1-3-5-20/h1-9,17,19H,10,12-16,18H2,(H2,29,35)(H2,30,31,32). The number of aromatic nitrogens is 1. The zero-order chi connectivity index (χ0) is 25.3. The second kappa shape index (κ2) is 11.7. The number of pyridine rings is 1. The maximum Gasteiger partial charge on any atom is 0.236 e. The molecule has 0 unspecified atom stereocenters. The molecule has 1 fully saturated rings. The molecule has 4 N–H and O–H groups in total.